The number of hydrogen-bond donors (Lipinski definition) is 1. The summed E-state index contributed by atoms with van der Waals surface area (Å²) in [5, 5.41) is 10.4. The van der Waals surface area contributed by atoms with Crippen molar-refractivity contribution in [2.24, 2.45) is 29.1 Å². The van der Waals surface area contributed by atoms with Crippen molar-refractivity contribution >= 4 is 11.6 Å². The number of carbonyl (C=O) groups is 2. The Morgan fingerprint density at radius 2 is 2.00 bits per heavy atom. The van der Waals surface area contributed by atoms with Gasteiger partial charge in [-0.3, -0.25) is 4.79 Å². The molecule has 3 heteroatoms. The second kappa shape index (κ2) is 5.49. The molecule has 3 nitrogen and oxygen atoms in total. The number of Topliss-reactive ketones (excluding diaryl/α,β-unsaturated/α-hetero) is 2. The van der Waals surface area contributed by atoms with Crippen molar-refractivity contribution in [2.45, 2.75) is 71.3 Å². The molecule has 0 spiro atoms. The fourth-order valence-corrected chi connectivity index (χ4v) is 5.67. The number of aliphatic hydroxyl groups is 1. The standard InChI is InChI=1S/C18H28O3/c1-11(19)3-4-14-12-9-10-18(2)15(6-8-17(18)21)13(12)5-7-16(14)20/h12-15,17,21H,3-10H2,1-2H3. The number of carbonyl (C=O) groups excluding carboxylic acids is 2. The largest absolute Gasteiger partial charge is 0.393 e. The van der Waals surface area contributed by atoms with Crippen LogP contribution in [0.2, 0.25) is 0 Å². The van der Waals surface area contributed by atoms with Crippen LogP contribution in [0.1, 0.15) is 65.2 Å². The van der Waals surface area contributed by atoms with Crippen molar-refractivity contribution in [2.75, 3.05) is 0 Å². The van der Waals surface area contributed by atoms with E-state index in [1.165, 1.54) is 0 Å². The molecule has 6 unspecified atom stereocenters. The Morgan fingerprint density at radius 1 is 1.24 bits per heavy atom. The lowest BCUT2D eigenvalue weighted by atomic mass is 9.53. The summed E-state index contributed by atoms with van der Waals surface area (Å²) < 4.78 is 0. The van der Waals surface area contributed by atoms with E-state index in [2.05, 4.69) is 6.92 Å². The molecular weight excluding hydrogens is 264 g/mol. The predicted molar refractivity (Wildman–Crippen MR) is 80.7 cm³/mol. The van der Waals surface area contributed by atoms with Gasteiger partial charge < -0.3 is 9.90 Å². The minimum absolute atomic E-state index is 0.0761. The van der Waals surface area contributed by atoms with Crippen molar-refractivity contribution in [3.05, 3.63) is 0 Å². The summed E-state index contributed by atoms with van der Waals surface area (Å²) in [6.07, 6.45) is 6.98. The van der Waals surface area contributed by atoms with E-state index in [-0.39, 0.29) is 23.2 Å². The molecule has 21 heavy (non-hydrogen) atoms. The molecule has 0 aliphatic heterocycles. The van der Waals surface area contributed by atoms with Crippen LogP contribution in [-0.2, 0) is 9.59 Å². The Balaban J connectivity index is 1.78. The minimum atomic E-state index is -0.156. The quantitative estimate of drug-likeness (QED) is 0.869. The van der Waals surface area contributed by atoms with Gasteiger partial charge in [0.05, 0.1) is 6.10 Å². The minimum Gasteiger partial charge on any atom is -0.393 e. The van der Waals surface area contributed by atoms with Crippen molar-refractivity contribution < 1.29 is 14.7 Å². The van der Waals surface area contributed by atoms with Crippen LogP contribution in [0.5, 0.6) is 0 Å². The highest BCUT2D eigenvalue weighted by Gasteiger charge is 2.56. The highest BCUT2D eigenvalue weighted by atomic mass is 16.3. The summed E-state index contributed by atoms with van der Waals surface area (Å²) in [7, 11) is 0. The van der Waals surface area contributed by atoms with Crippen LogP contribution in [-0.4, -0.2) is 22.8 Å². The van der Waals surface area contributed by atoms with Crippen LogP contribution in [0.3, 0.4) is 0 Å². The van der Waals surface area contributed by atoms with Crippen LogP contribution >= 0.6 is 0 Å². The zero-order valence-corrected chi connectivity index (χ0v) is 13.3. The summed E-state index contributed by atoms with van der Waals surface area (Å²) in [5.74, 6) is 2.33. The van der Waals surface area contributed by atoms with Gasteiger partial charge in [-0.05, 0) is 68.6 Å². The molecule has 3 rings (SSSR count). The van der Waals surface area contributed by atoms with Gasteiger partial charge in [0.15, 0.2) is 0 Å². The van der Waals surface area contributed by atoms with Gasteiger partial charge in [0.1, 0.15) is 11.6 Å². The van der Waals surface area contributed by atoms with Crippen LogP contribution < -0.4 is 0 Å². The number of fused-ring (bicyclic) bond motifs is 3. The first kappa shape index (κ1) is 15.2. The lowest BCUT2D eigenvalue weighted by molar-refractivity contribution is -0.135. The van der Waals surface area contributed by atoms with Gasteiger partial charge in [-0.1, -0.05) is 6.92 Å². The van der Waals surface area contributed by atoms with E-state index < -0.39 is 0 Å². The molecule has 6 atom stereocenters. The van der Waals surface area contributed by atoms with Crippen LogP contribution in [0.25, 0.3) is 0 Å². The van der Waals surface area contributed by atoms with E-state index in [0.717, 1.165) is 38.5 Å². The molecule has 0 saturated heterocycles. The molecule has 0 aromatic heterocycles. The third-order valence-electron chi connectivity index (χ3n) is 6.90. The van der Waals surface area contributed by atoms with E-state index in [9.17, 15) is 14.7 Å². The maximum absolute atomic E-state index is 12.3. The zero-order valence-electron chi connectivity index (χ0n) is 13.3. The molecule has 3 saturated carbocycles. The summed E-state index contributed by atoms with van der Waals surface area (Å²) in [6, 6.07) is 0. The Bertz CT molecular complexity index is 444. The molecule has 3 fully saturated rings. The van der Waals surface area contributed by atoms with E-state index in [1.807, 2.05) is 0 Å². The van der Waals surface area contributed by atoms with Crippen molar-refractivity contribution in [3.63, 3.8) is 0 Å². The Labute approximate surface area is 127 Å². The van der Waals surface area contributed by atoms with Crippen LogP contribution in [0.4, 0.5) is 0 Å². The average Bonchev–Trinajstić information content (AvgIpc) is 2.74. The lowest BCUT2D eigenvalue weighted by Gasteiger charge is -2.51. The maximum Gasteiger partial charge on any atom is 0.136 e. The van der Waals surface area contributed by atoms with Crippen LogP contribution in [0, 0.1) is 29.1 Å². The van der Waals surface area contributed by atoms with Gasteiger partial charge in [-0.2, -0.15) is 0 Å². The second-order valence-corrected chi connectivity index (χ2v) is 7.92. The monoisotopic (exact) mass is 292 g/mol. The third kappa shape index (κ3) is 2.48. The van der Waals surface area contributed by atoms with Gasteiger partial charge >= 0.3 is 0 Å². The topological polar surface area (TPSA) is 54.4 Å². The second-order valence-electron chi connectivity index (χ2n) is 7.92. The molecule has 1 N–H and O–H groups in total. The number of rotatable bonds is 3. The molecule has 0 amide bonds. The SMILES string of the molecule is CC(=O)CCC1C(=O)CCC2C1CCC1(C)C(O)CCC21. The normalized spacial score (nSPS) is 46.0. The highest BCUT2D eigenvalue weighted by molar-refractivity contribution is 5.83. The lowest BCUT2D eigenvalue weighted by Crippen LogP contribution is -2.48. The van der Waals surface area contributed by atoms with Gasteiger partial charge in [0.2, 0.25) is 0 Å². The molecule has 0 aromatic carbocycles. The van der Waals surface area contributed by atoms with Gasteiger partial charge in [-0.25, -0.2) is 0 Å². The van der Waals surface area contributed by atoms with Gasteiger partial charge in [-0.15, -0.1) is 0 Å². The van der Waals surface area contributed by atoms with Gasteiger partial charge in [0.25, 0.3) is 0 Å². The fourth-order valence-electron chi connectivity index (χ4n) is 5.67. The Morgan fingerprint density at radius 3 is 2.71 bits per heavy atom. The first-order valence-corrected chi connectivity index (χ1v) is 8.63. The van der Waals surface area contributed by atoms with E-state index in [0.29, 0.717) is 36.4 Å². The van der Waals surface area contributed by atoms with Crippen molar-refractivity contribution in [3.8, 4) is 0 Å². The van der Waals surface area contributed by atoms with E-state index in [1.54, 1.807) is 6.92 Å². The first-order valence-electron chi connectivity index (χ1n) is 8.63. The number of ketones is 2. The summed E-state index contributed by atoms with van der Waals surface area (Å²) >= 11 is 0. The van der Waals surface area contributed by atoms with Crippen LogP contribution in [0.15, 0.2) is 0 Å². The molecule has 3 aliphatic carbocycles. The number of hydrogen-bond acceptors (Lipinski definition) is 3. The smallest absolute Gasteiger partial charge is 0.136 e. The Hall–Kier alpha value is -0.700. The molecule has 0 bridgehead atoms. The van der Waals surface area contributed by atoms with Crippen molar-refractivity contribution in [1.82, 2.24) is 0 Å². The van der Waals surface area contributed by atoms with Gasteiger partial charge in [0, 0.05) is 18.8 Å². The summed E-state index contributed by atoms with van der Waals surface area (Å²) in [4.78, 5) is 23.6. The Kier molecular flexibility index (Phi) is 3.98. The number of aliphatic hydroxyl groups excluding tert-OH is 1. The predicted octanol–water partition coefficient (Wildman–Crippen LogP) is 3.14. The maximum atomic E-state index is 12.3. The third-order valence-corrected chi connectivity index (χ3v) is 6.90. The van der Waals surface area contributed by atoms with E-state index >= 15 is 0 Å². The molecule has 118 valence electrons. The van der Waals surface area contributed by atoms with Crippen molar-refractivity contribution in [1.29, 1.82) is 0 Å². The molecule has 0 aromatic rings. The van der Waals surface area contributed by atoms with E-state index in [4.69, 9.17) is 0 Å². The highest BCUT2D eigenvalue weighted by Crippen LogP contribution is 2.60. The zero-order chi connectivity index (χ0) is 15.2. The average molecular weight is 292 g/mol. The summed E-state index contributed by atoms with van der Waals surface area (Å²) in [6.45, 7) is 3.88. The summed E-state index contributed by atoms with van der Waals surface area (Å²) in [5.41, 5.74) is 0.0761. The first-order chi connectivity index (χ1) is 9.93. The molecule has 0 radical (unpaired) electrons. The molecular formula is C18H28O3. The fraction of sp³-hybridized carbons (Fsp3) is 0.889. The molecule has 0 heterocycles. The molecule has 3 aliphatic rings.